The SMILES string of the molecule is CCc1ccc(N)c(-c2ccc(O)cc2)c1. The number of nitrogens with two attached hydrogens (primary N) is 1. The van der Waals surface area contributed by atoms with Gasteiger partial charge in [-0.3, -0.25) is 0 Å². The average molecular weight is 213 g/mol. The molecule has 2 nitrogen and oxygen atoms in total. The standard InChI is InChI=1S/C14H15NO/c1-2-10-3-8-14(15)13(9-10)11-4-6-12(16)7-5-11/h3-9,16H,2,15H2,1H3. The van der Waals surface area contributed by atoms with Gasteiger partial charge in [0.2, 0.25) is 0 Å². The lowest BCUT2D eigenvalue weighted by Gasteiger charge is -2.08. The summed E-state index contributed by atoms with van der Waals surface area (Å²) in [6.07, 6.45) is 0.991. The van der Waals surface area contributed by atoms with E-state index in [4.69, 9.17) is 5.73 Å². The summed E-state index contributed by atoms with van der Waals surface area (Å²) in [5.74, 6) is 0.272. The van der Waals surface area contributed by atoms with Crippen LogP contribution in [0.3, 0.4) is 0 Å². The van der Waals surface area contributed by atoms with Crippen LogP contribution in [0.1, 0.15) is 12.5 Å². The summed E-state index contributed by atoms with van der Waals surface area (Å²) >= 11 is 0. The van der Waals surface area contributed by atoms with Crippen LogP contribution in [-0.4, -0.2) is 5.11 Å². The molecule has 0 bridgehead atoms. The Bertz CT molecular complexity index is 489. The van der Waals surface area contributed by atoms with E-state index in [1.54, 1.807) is 12.1 Å². The van der Waals surface area contributed by atoms with Crippen molar-refractivity contribution in [2.75, 3.05) is 5.73 Å². The second-order valence-electron chi connectivity index (χ2n) is 3.82. The first-order chi connectivity index (χ1) is 7.70. The van der Waals surface area contributed by atoms with Gasteiger partial charge in [-0.2, -0.15) is 0 Å². The summed E-state index contributed by atoms with van der Waals surface area (Å²) in [6.45, 7) is 2.12. The molecule has 0 saturated heterocycles. The molecule has 0 amide bonds. The van der Waals surface area contributed by atoms with Gasteiger partial charge in [0.05, 0.1) is 0 Å². The van der Waals surface area contributed by atoms with Crippen LogP contribution in [0.25, 0.3) is 11.1 Å². The predicted octanol–water partition coefficient (Wildman–Crippen LogP) is 3.20. The van der Waals surface area contributed by atoms with Gasteiger partial charge in [-0.15, -0.1) is 0 Å². The van der Waals surface area contributed by atoms with E-state index >= 15 is 0 Å². The topological polar surface area (TPSA) is 46.2 Å². The molecule has 2 heteroatoms. The molecular weight excluding hydrogens is 198 g/mol. The number of aryl methyl sites for hydroxylation is 1. The summed E-state index contributed by atoms with van der Waals surface area (Å²) in [6, 6.07) is 13.2. The Hall–Kier alpha value is -1.96. The Labute approximate surface area is 95.4 Å². The molecule has 0 spiro atoms. The third-order valence-corrected chi connectivity index (χ3v) is 2.70. The van der Waals surface area contributed by atoms with Crippen LogP contribution >= 0.6 is 0 Å². The normalized spacial score (nSPS) is 10.3. The molecule has 3 N–H and O–H groups in total. The second kappa shape index (κ2) is 4.27. The van der Waals surface area contributed by atoms with Crippen molar-refractivity contribution in [2.45, 2.75) is 13.3 Å². The van der Waals surface area contributed by atoms with Gasteiger partial charge >= 0.3 is 0 Å². The molecular formula is C14H15NO. The Morgan fingerprint density at radius 3 is 2.38 bits per heavy atom. The molecule has 0 aliphatic carbocycles. The highest BCUT2D eigenvalue weighted by atomic mass is 16.3. The summed E-state index contributed by atoms with van der Waals surface area (Å²) in [4.78, 5) is 0. The van der Waals surface area contributed by atoms with Crippen LogP contribution < -0.4 is 5.73 Å². The van der Waals surface area contributed by atoms with Crippen LogP contribution in [0.4, 0.5) is 5.69 Å². The molecule has 0 saturated carbocycles. The molecule has 0 fully saturated rings. The quantitative estimate of drug-likeness (QED) is 0.752. The Balaban J connectivity index is 2.50. The van der Waals surface area contributed by atoms with Crippen molar-refractivity contribution in [1.29, 1.82) is 0 Å². The van der Waals surface area contributed by atoms with Crippen molar-refractivity contribution >= 4 is 5.69 Å². The smallest absolute Gasteiger partial charge is 0.115 e. The molecule has 0 heterocycles. The number of aromatic hydroxyl groups is 1. The number of hydrogen-bond acceptors (Lipinski definition) is 2. The van der Waals surface area contributed by atoms with E-state index in [1.807, 2.05) is 24.3 Å². The zero-order valence-corrected chi connectivity index (χ0v) is 9.27. The molecule has 0 aliphatic rings. The van der Waals surface area contributed by atoms with Crippen LogP contribution in [0.5, 0.6) is 5.75 Å². The Morgan fingerprint density at radius 2 is 1.75 bits per heavy atom. The first-order valence-corrected chi connectivity index (χ1v) is 5.38. The third-order valence-electron chi connectivity index (χ3n) is 2.70. The molecule has 82 valence electrons. The summed E-state index contributed by atoms with van der Waals surface area (Å²) < 4.78 is 0. The Morgan fingerprint density at radius 1 is 1.06 bits per heavy atom. The number of anilines is 1. The van der Waals surface area contributed by atoms with Crippen molar-refractivity contribution < 1.29 is 5.11 Å². The summed E-state index contributed by atoms with van der Waals surface area (Å²) in [5, 5.41) is 9.24. The fourth-order valence-electron chi connectivity index (χ4n) is 1.71. The molecule has 16 heavy (non-hydrogen) atoms. The van der Waals surface area contributed by atoms with Gasteiger partial charge in [0.25, 0.3) is 0 Å². The Kier molecular flexibility index (Phi) is 2.82. The van der Waals surface area contributed by atoms with Crippen molar-refractivity contribution in [3.63, 3.8) is 0 Å². The van der Waals surface area contributed by atoms with E-state index in [1.165, 1.54) is 5.56 Å². The van der Waals surface area contributed by atoms with Crippen LogP contribution in [0.15, 0.2) is 42.5 Å². The number of rotatable bonds is 2. The third kappa shape index (κ3) is 2.01. The highest BCUT2D eigenvalue weighted by Gasteiger charge is 2.03. The van der Waals surface area contributed by atoms with Gasteiger partial charge in [0.1, 0.15) is 5.75 Å². The van der Waals surface area contributed by atoms with Gasteiger partial charge in [-0.1, -0.05) is 25.1 Å². The van der Waals surface area contributed by atoms with Gasteiger partial charge in [0, 0.05) is 11.3 Å². The first kappa shape index (κ1) is 10.6. The minimum absolute atomic E-state index is 0.272. The minimum Gasteiger partial charge on any atom is -0.508 e. The first-order valence-electron chi connectivity index (χ1n) is 5.38. The largest absolute Gasteiger partial charge is 0.508 e. The number of nitrogen functional groups attached to an aromatic ring is 1. The highest BCUT2D eigenvalue weighted by Crippen LogP contribution is 2.28. The van der Waals surface area contributed by atoms with Crippen LogP contribution in [0, 0.1) is 0 Å². The van der Waals surface area contributed by atoms with Crippen LogP contribution in [0.2, 0.25) is 0 Å². The van der Waals surface area contributed by atoms with Gasteiger partial charge in [-0.25, -0.2) is 0 Å². The molecule has 2 aromatic rings. The summed E-state index contributed by atoms with van der Waals surface area (Å²) in [5.41, 5.74) is 10.0. The van der Waals surface area contributed by atoms with Gasteiger partial charge in [0.15, 0.2) is 0 Å². The monoisotopic (exact) mass is 213 g/mol. The second-order valence-corrected chi connectivity index (χ2v) is 3.82. The summed E-state index contributed by atoms with van der Waals surface area (Å²) in [7, 11) is 0. The maximum absolute atomic E-state index is 9.24. The molecule has 0 radical (unpaired) electrons. The zero-order valence-electron chi connectivity index (χ0n) is 9.27. The van der Waals surface area contributed by atoms with Crippen molar-refractivity contribution in [3.8, 4) is 16.9 Å². The number of phenols is 1. The molecule has 0 unspecified atom stereocenters. The van der Waals surface area contributed by atoms with Crippen molar-refractivity contribution in [3.05, 3.63) is 48.0 Å². The molecule has 0 atom stereocenters. The highest BCUT2D eigenvalue weighted by molar-refractivity contribution is 5.77. The van der Waals surface area contributed by atoms with Crippen LogP contribution in [-0.2, 0) is 6.42 Å². The lowest BCUT2D eigenvalue weighted by Crippen LogP contribution is -1.91. The number of phenolic OH excluding ortho intramolecular Hbond substituents is 1. The lowest BCUT2D eigenvalue weighted by molar-refractivity contribution is 0.475. The van der Waals surface area contributed by atoms with E-state index in [2.05, 4.69) is 13.0 Å². The van der Waals surface area contributed by atoms with Gasteiger partial charge in [-0.05, 0) is 41.8 Å². The van der Waals surface area contributed by atoms with Crippen molar-refractivity contribution in [1.82, 2.24) is 0 Å². The van der Waals surface area contributed by atoms with E-state index < -0.39 is 0 Å². The van der Waals surface area contributed by atoms with Crippen molar-refractivity contribution in [2.24, 2.45) is 0 Å². The molecule has 0 aromatic heterocycles. The molecule has 2 rings (SSSR count). The minimum atomic E-state index is 0.272. The number of hydrogen-bond donors (Lipinski definition) is 2. The zero-order chi connectivity index (χ0) is 11.5. The van der Waals surface area contributed by atoms with Gasteiger partial charge < -0.3 is 10.8 Å². The average Bonchev–Trinajstić information content (AvgIpc) is 2.31. The van der Waals surface area contributed by atoms with E-state index in [-0.39, 0.29) is 5.75 Å². The maximum Gasteiger partial charge on any atom is 0.115 e. The fourth-order valence-corrected chi connectivity index (χ4v) is 1.71. The number of benzene rings is 2. The fraction of sp³-hybridized carbons (Fsp3) is 0.143. The molecule has 2 aromatic carbocycles. The lowest BCUT2D eigenvalue weighted by atomic mass is 10.00. The van der Waals surface area contributed by atoms with E-state index in [9.17, 15) is 5.11 Å². The van der Waals surface area contributed by atoms with E-state index in [0.717, 1.165) is 23.2 Å². The predicted molar refractivity (Wildman–Crippen MR) is 67.3 cm³/mol. The van der Waals surface area contributed by atoms with E-state index in [0.29, 0.717) is 0 Å². The maximum atomic E-state index is 9.24. The molecule has 0 aliphatic heterocycles.